The predicted molar refractivity (Wildman–Crippen MR) is 52.7 cm³/mol. The van der Waals surface area contributed by atoms with E-state index in [-0.39, 0.29) is 11.7 Å². The molecule has 1 saturated heterocycles. The van der Waals surface area contributed by atoms with Gasteiger partial charge in [0.15, 0.2) is 0 Å². The number of nitrogens with two attached hydrogens (primary N) is 1. The smallest absolute Gasteiger partial charge is 0.0813 e. The Morgan fingerprint density at radius 2 is 2.15 bits per heavy atom. The molecule has 0 aromatic heterocycles. The molecule has 1 aliphatic rings. The van der Waals surface area contributed by atoms with Crippen LogP contribution in [0.5, 0.6) is 0 Å². The van der Waals surface area contributed by atoms with Crippen LogP contribution in [-0.4, -0.2) is 31.0 Å². The number of hydrogen-bond donors (Lipinski definition) is 1. The van der Waals surface area contributed by atoms with Gasteiger partial charge < -0.3 is 15.2 Å². The second kappa shape index (κ2) is 4.40. The Balaban J connectivity index is 2.19. The van der Waals surface area contributed by atoms with Crippen LogP contribution in [0.4, 0.5) is 0 Å². The third-order valence-corrected chi connectivity index (χ3v) is 2.47. The molecule has 0 spiro atoms. The molecule has 2 N–H and O–H groups in total. The van der Waals surface area contributed by atoms with Gasteiger partial charge in [-0.2, -0.15) is 0 Å². The molecule has 2 unspecified atom stereocenters. The lowest BCUT2D eigenvalue weighted by Gasteiger charge is -2.25. The molecule has 1 aliphatic heterocycles. The zero-order valence-electron chi connectivity index (χ0n) is 8.88. The van der Waals surface area contributed by atoms with Crippen LogP contribution in [0, 0.1) is 0 Å². The van der Waals surface area contributed by atoms with E-state index in [1.807, 2.05) is 13.8 Å². The van der Waals surface area contributed by atoms with Gasteiger partial charge in [-0.3, -0.25) is 0 Å². The lowest BCUT2D eigenvalue weighted by Crippen LogP contribution is -2.36. The summed E-state index contributed by atoms with van der Waals surface area (Å²) in [5.41, 5.74) is 5.34. The molecule has 0 aromatic carbocycles. The zero-order chi connectivity index (χ0) is 9.90. The van der Waals surface area contributed by atoms with Gasteiger partial charge in [-0.15, -0.1) is 0 Å². The third-order valence-electron chi connectivity index (χ3n) is 2.47. The van der Waals surface area contributed by atoms with Gasteiger partial charge in [-0.05, 0) is 33.6 Å². The Morgan fingerprint density at radius 1 is 1.46 bits per heavy atom. The van der Waals surface area contributed by atoms with Crippen molar-refractivity contribution in [1.82, 2.24) is 0 Å². The maximum absolute atomic E-state index is 5.66. The Kier molecular flexibility index (Phi) is 3.71. The minimum atomic E-state index is -0.213. The van der Waals surface area contributed by atoms with Gasteiger partial charge >= 0.3 is 0 Å². The lowest BCUT2D eigenvalue weighted by atomic mass is 10.1. The fourth-order valence-electron chi connectivity index (χ4n) is 1.39. The van der Waals surface area contributed by atoms with Crippen molar-refractivity contribution in [2.75, 3.05) is 13.2 Å². The number of hydrogen-bond acceptors (Lipinski definition) is 3. The predicted octanol–water partition coefficient (Wildman–Crippen LogP) is 1.31. The van der Waals surface area contributed by atoms with Crippen LogP contribution in [0.1, 0.15) is 33.6 Å². The summed E-state index contributed by atoms with van der Waals surface area (Å²) < 4.78 is 11.3. The van der Waals surface area contributed by atoms with Gasteiger partial charge in [-0.1, -0.05) is 0 Å². The van der Waals surface area contributed by atoms with Crippen molar-refractivity contribution >= 4 is 0 Å². The molecule has 3 heteroatoms. The van der Waals surface area contributed by atoms with Crippen molar-refractivity contribution in [3.8, 4) is 0 Å². The largest absolute Gasteiger partial charge is 0.373 e. The van der Waals surface area contributed by atoms with E-state index in [1.165, 1.54) is 0 Å². The summed E-state index contributed by atoms with van der Waals surface area (Å²) in [4.78, 5) is 0. The summed E-state index contributed by atoms with van der Waals surface area (Å²) in [7, 11) is 0. The van der Waals surface area contributed by atoms with E-state index < -0.39 is 0 Å². The van der Waals surface area contributed by atoms with Gasteiger partial charge in [0.25, 0.3) is 0 Å². The van der Waals surface area contributed by atoms with Crippen LogP contribution in [0.2, 0.25) is 0 Å². The fraction of sp³-hybridized carbons (Fsp3) is 1.00. The second-order valence-corrected chi connectivity index (χ2v) is 4.42. The van der Waals surface area contributed by atoms with Crippen molar-refractivity contribution in [2.45, 2.75) is 51.4 Å². The average molecular weight is 187 g/mol. The summed E-state index contributed by atoms with van der Waals surface area (Å²) in [5, 5.41) is 0. The summed E-state index contributed by atoms with van der Waals surface area (Å²) in [6.07, 6.45) is 2.94. The van der Waals surface area contributed by atoms with E-state index in [2.05, 4.69) is 6.92 Å². The highest BCUT2D eigenvalue weighted by atomic mass is 16.6. The lowest BCUT2D eigenvalue weighted by molar-refractivity contribution is -0.0706. The topological polar surface area (TPSA) is 44.5 Å². The minimum Gasteiger partial charge on any atom is -0.373 e. The highest BCUT2D eigenvalue weighted by molar-refractivity contribution is 4.74. The number of rotatable bonds is 4. The molecule has 13 heavy (non-hydrogen) atoms. The van der Waals surface area contributed by atoms with Crippen molar-refractivity contribution in [3.63, 3.8) is 0 Å². The van der Waals surface area contributed by atoms with Crippen LogP contribution >= 0.6 is 0 Å². The quantitative estimate of drug-likeness (QED) is 0.721. The molecule has 0 aromatic rings. The van der Waals surface area contributed by atoms with Crippen molar-refractivity contribution in [3.05, 3.63) is 0 Å². The second-order valence-electron chi connectivity index (χ2n) is 4.42. The maximum Gasteiger partial charge on any atom is 0.0813 e. The van der Waals surface area contributed by atoms with E-state index in [0.29, 0.717) is 19.3 Å². The van der Waals surface area contributed by atoms with Crippen LogP contribution in [0.25, 0.3) is 0 Å². The van der Waals surface area contributed by atoms with Crippen molar-refractivity contribution in [1.29, 1.82) is 0 Å². The van der Waals surface area contributed by atoms with Gasteiger partial charge in [-0.25, -0.2) is 0 Å². The fourth-order valence-corrected chi connectivity index (χ4v) is 1.39. The molecular formula is C10H21NO2. The number of ether oxygens (including phenoxy) is 2. The summed E-state index contributed by atoms with van der Waals surface area (Å²) >= 11 is 0. The first-order valence-corrected chi connectivity index (χ1v) is 5.03. The van der Waals surface area contributed by atoms with E-state index in [9.17, 15) is 0 Å². The highest BCUT2D eigenvalue weighted by Gasteiger charge is 2.24. The Hall–Kier alpha value is -0.120. The zero-order valence-corrected chi connectivity index (χ0v) is 8.88. The molecule has 0 saturated carbocycles. The Labute approximate surface area is 80.6 Å². The molecule has 1 fully saturated rings. The molecule has 0 radical (unpaired) electrons. The van der Waals surface area contributed by atoms with Crippen molar-refractivity contribution < 1.29 is 9.47 Å². The molecule has 0 aliphatic carbocycles. The maximum atomic E-state index is 5.66. The van der Waals surface area contributed by atoms with E-state index in [4.69, 9.17) is 15.2 Å². The summed E-state index contributed by atoms with van der Waals surface area (Å²) in [6, 6.07) is 0. The summed E-state index contributed by atoms with van der Waals surface area (Å²) in [6.45, 7) is 7.34. The summed E-state index contributed by atoms with van der Waals surface area (Å²) in [5.74, 6) is 0. The standard InChI is InChI=1S/C10H21NO2/c1-8-4-5-9(13-8)6-12-10(2,3)7-11/h8-9H,4-7,11H2,1-3H3. The third kappa shape index (κ3) is 3.63. The monoisotopic (exact) mass is 187 g/mol. The Morgan fingerprint density at radius 3 is 2.62 bits per heavy atom. The first kappa shape index (κ1) is 11.0. The van der Waals surface area contributed by atoms with Gasteiger partial charge in [0.1, 0.15) is 0 Å². The van der Waals surface area contributed by atoms with Crippen molar-refractivity contribution in [2.24, 2.45) is 5.73 Å². The van der Waals surface area contributed by atoms with Crippen LogP contribution in [-0.2, 0) is 9.47 Å². The molecule has 0 bridgehead atoms. The van der Waals surface area contributed by atoms with Gasteiger partial charge in [0.2, 0.25) is 0 Å². The van der Waals surface area contributed by atoms with Gasteiger partial charge in [0, 0.05) is 6.54 Å². The molecule has 1 heterocycles. The molecule has 0 amide bonds. The normalized spacial score (nSPS) is 29.5. The molecule has 1 rings (SSSR count). The molecular weight excluding hydrogens is 166 g/mol. The Bertz CT molecular complexity index is 159. The molecule has 2 atom stereocenters. The first-order valence-electron chi connectivity index (χ1n) is 5.03. The SMILES string of the molecule is CC1CCC(COC(C)(C)CN)O1. The molecule has 78 valence electrons. The van der Waals surface area contributed by atoms with Crippen LogP contribution in [0.15, 0.2) is 0 Å². The van der Waals surface area contributed by atoms with Gasteiger partial charge in [0.05, 0.1) is 24.4 Å². The average Bonchev–Trinajstić information content (AvgIpc) is 2.48. The van der Waals surface area contributed by atoms with Crippen LogP contribution < -0.4 is 5.73 Å². The van der Waals surface area contributed by atoms with E-state index >= 15 is 0 Å². The minimum absolute atomic E-state index is 0.213. The van der Waals surface area contributed by atoms with E-state index in [0.717, 1.165) is 12.8 Å². The first-order chi connectivity index (χ1) is 6.03. The molecule has 3 nitrogen and oxygen atoms in total. The highest BCUT2D eigenvalue weighted by Crippen LogP contribution is 2.20. The van der Waals surface area contributed by atoms with E-state index in [1.54, 1.807) is 0 Å². The van der Waals surface area contributed by atoms with Crippen LogP contribution in [0.3, 0.4) is 0 Å².